The number of aromatic nitrogens is 3. The molecule has 0 aliphatic carbocycles. The maximum absolute atomic E-state index is 5.48. The zero-order valence-corrected chi connectivity index (χ0v) is 11.6. The first-order chi connectivity index (χ1) is 8.83. The lowest BCUT2D eigenvalue weighted by atomic mass is 10.0. The van der Waals surface area contributed by atoms with E-state index in [2.05, 4.69) is 31.2 Å². The maximum atomic E-state index is 5.48. The summed E-state index contributed by atoms with van der Waals surface area (Å²) < 4.78 is 8.23. The molecule has 2 aromatic heterocycles. The largest absolute Gasteiger partial charge is 0.381 e. The third-order valence-electron chi connectivity index (χ3n) is 3.16. The van der Waals surface area contributed by atoms with Gasteiger partial charge in [-0.1, -0.05) is 0 Å². The van der Waals surface area contributed by atoms with Gasteiger partial charge in [0.1, 0.15) is 4.60 Å². The molecule has 1 saturated heterocycles. The minimum atomic E-state index is 0.564. The van der Waals surface area contributed by atoms with Gasteiger partial charge in [0.05, 0.1) is 6.61 Å². The van der Waals surface area contributed by atoms with Crippen LogP contribution in [0.2, 0.25) is 0 Å². The fourth-order valence-electron chi connectivity index (χ4n) is 2.23. The molecule has 0 bridgehead atoms. The second-order valence-corrected chi connectivity index (χ2v) is 5.35. The summed E-state index contributed by atoms with van der Waals surface area (Å²) in [6.07, 6.45) is 7.95. The molecule has 18 heavy (non-hydrogen) atoms. The van der Waals surface area contributed by atoms with E-state index in [0.29, 0.717) is 5.92 Å². The molecule has 0 saturated carbocycles. The van der Waals surface area contributed by atoms with Crippen LogP contribution in [0.15, 0.2) is 23.2 Å². The second-order valence-electron chi connectivity index (χ2n) is 4.53. The van der Waals surface area contributed by atoms with Gasteiger partial charge in [-0.15, -0.1) is 0 Å². The minimum Gasteiger partial charge on any atom is -0.381 e. The molecule has 96 valence electrons. The fourth-order valence-corrected chi connectivity index (χ4v) is 2.63. The van der Waals surface area contributed by atoms with Gasteiger partial charge in [0.25, 0.3) is 0 Å². The number of nitrogens with zero attached hydrogens (tertiary/aromatic N) is 3. The van der Waals surface area contributed by atoms with Crippen molar-refractivity contribution in [3.05, 3.63) is 23.2 Å². The molecule has 0 spiro atoms. The number of hydrogen-bond acceptors (Lipinski definition) is 4. The van der Waals surface area contributed by atoms with Crippen molar-refractivity contribution >= 4 is 27.4 Å². The van der Waals surface area contributed by atoms with Crippen molar-refractivity contribution in [3.63, 3.8) is 0 Å². The number of halogens is 1. The summed E-state index contributed by atoms with van der Waals surface area (Å²) in [5.74, 6) is 1.38. The number of nitrogens with one attached hydrogen (secondary N) is 1. The van der Waals surface area contributed by atoms with Crippen LogP contribution < -0.4 is 5.32 Å². The first kappa shape index (κ1) is 11.9. The molecule has 0 amide bonds. The van der Waals surface area contributed by atoms with Crippen LogP contribution >= 0.6 is 15.9 Å². The summed E-state index contributed by atoms with van der Waals surface area (Å²) in [4.78, 5) is 8.75. The smallest absolute Gasteiger partial charge is 0.180 e. The Balaban J connectivity index is 1.75. The second kappa shape index (κ2) is 5.24. The van der Waals surface area contributed by atoms with Crippen LogP contribution in [0, 0.1) is 5.92 Å². The Morgan fingerprint density at radius 1 is 1.56 bits per heavy atom. The van der Waals surface area contributed by atoms with Crippen LogP contribution in [-0.4, -0.2) is 34.1 Å². The molecule has 1 atom stereocenters. The Hall–Kier alpha value is -1.14. The number of fused-ring (bicyclic) bond motifs is 1. The summed E-state index contributed by atoms with van der Waals surface area (Å²) in [5.41, 5.74) is 0.856. The summed E-state index contributed by atoms with van der Waals surface area (Å²) in [6, 6.07) is 0. The van der Waals surface area contributed by atoms with Crippen LogP contribution in [0.1, 0.15) is 12.8 Å². The highest BCUT2D eigenvalue weighted by Gasteiger charge is 2.15. The maximum Gasteiger partial charge on any atom is 0.180 e. The zero-order valence-electron chi connectivity index (χ0n) is 9.97. The van der Waals surface area contributed by atoms with Gasteiger partial charge in [0, 0.05) is 31.7 Å². The molecule has 1 N–H and O–H groups in total. The van der Waals surface area contributed by atoms with E-state index >= 15 is 0 Å². The van der Waals surface area contributed by atoms with E-state index in [1.54, 1.807) is 6.20 Å². The van der Waals surface area contributed by atoms with Crippen molar-refractivity contribution in [2.75, 3.05) is 25.1 Å². The average Bonchev–Trinajstić information content (AvgIpc) is 2.85. The molecule has 6 heteroatoms. The predicted octanol–water partition coefficient (Wildman–Crippen LogP) is 2.33. The van der Waals surface area contributed by atoms with Gasteiger partial charge < -0.3 is 14.5 Å². The predicted molar refractivity (Wildman–Crippen MR) is 72.7 cm³/mol. The molecular weight excluding hydrogens is 296 g/mol. The Morgan fingerprint density at radius 2 is 2.50 bits per heavy atom. The van der Waals surface area contributed by atoms with E-state index in [1.165, 1.54) is 6.42 Å². The van der Waals surface area contributed by atoms with E-state index in [4.69, 9.17) is 4.74 Å². The number of anilines is 1. The van der Waals surface area contributed by atoms with Gasteiger partial charge in [0.2, 0.25) is 0 Å². The van der Waals surface area contributed by atoms with Crippen LogP contribution in [0.5, 0.6) is 0 Å². The molecule has 2 aromatic rings. The van der Waals surface area contributed by atoms with E-state index in [0.717, 1.165) is 42.2 Å². The van der Waals surface area contributed by atoms with E-state index in [1.807, 2.05) is 16.8 Å². The number of rotatable bonds is 3. The monoisotopic (exact) mass is 310 g/mol. The molecule has 1 fully saturated rings. The highest BCUT2D eigenvalue weighted by molar-refractivity contribution is 9.10. The molecule has 1 aliphatic rings. The molecule has 1 aliphatic heterocycles. The van der Waals surface area contributed by atoms with Crippen LogP contribution in [0.3, 0.4) is 0 Å². The lowest BCUT2D eigenvalue weighted by Gasteiger charge is -2.22. The van der Waals surface area contributed by atoms with E-state index in [9.17, 15) is 0 Å². The van der Waals surface area contributed by atoms with Crippen LogP contribution in [0.25, 0.3) is 5.65 Å². The molecular formula is C12H15BrN4O. The first-order valence-electron chi connectivity index (χ1n) is 6.14. The Morgan fingerprint density at radius 3 is 3.33 bits per heavy atom. The van der Waals surface area contributed by atoms with Gasteiger partial charge >= 0.3 is 0 Å². The number of imidazole rings is 1. The quantitative estimate of drug-likeness (QED) is 0.945. The van der Waals surface area contributed by atoms with Crippen LogP contribution in [-0.2, 0) is 4.74 Å². The van der Waals surface area contributed by atoms with Crippen molar-refractivity contribution < 1.29 is 4.74 Å². The number of ether oxygens (including phenoxy) is 1. The first-order valence-corrected chi connectivity index (χ1v) is 6.93. The lowest BCUT2D eigenvalue weighted by Crippen LogP contribution is -2.24. The molecule has 3 heterocycles. The standard InChI is InChI=1S/C12H15BrN4O/c13-10-7-17-4-3-14-12(17)11(16-10)15-6-9-2-1-5-18-8-9/h3-4,7,9H,1-2,5-6,8H2,(H,15,16). The van der Waals surface area contributed by atoms with Crippen molar-refractivity contribution in [1.82, 2.24) is 14.4 Å². The minimum absolute atomic E-state index is 0.564. The molecule has 0 radical (unpaired) electrons. The Kier molecular flexibility index (Phi) is 3.47. The van der Waals surface area contributed by atoms with Crippen molar-refractivity contribution in [3.8, 4) is 0 Å². The van der Waals surface area contributed by atoms with Gasteiger partial charge in [-0.25, -0.2) is 9.97 Å². The lowest BCUT2D eigenvalue weighted by molar-refractivity contribution is 0.0595. The molecule has 0 aromatic carbocycles. The highest BCUT2D eigenvalue weighted by Crippen LogP contribution is 2.19. The molecule has 1 unspecified atom stereocenters. The van der Waals surface area contributed by atoms with Gasteiger partial charge in [0.15, 0.2) is 11.5 Å². The highest BCUT2D eigenvalue weighted by atomic mass is 79.9. The Bertz CT molecular complexity index is 536. The van der Waals surface area contributed by atoms with Crippen molar-refractivity contribution in [2.24, 2.45) is 5.92 Å². The van der Waals surface area contributed by atoms with Gasteiger partial charge in [-0.3, -0.25) is 0 Å². The summed E-state index contributed by atoms with van der Waals surface area (Å²) in [6.45, 7) is 2.62. The SMILES string of the molecule is Brc1cn2ccnc2c(NCC2CCCOC2)n1. The fraction of sp³-hybridized carbons (Fsp3) is 0.500. The van der Waals surface area contributed by atoms with E-state index < -0.39 is 0 Å². The average molecular weight is 311 g/mol. The normalized spacial score (nSPS) is 20.2. The third kappa shape index (κ3) is 2.49. The zero-order chi connectivity index (χ0) is 12.4. The summed E-state index contributed by atoms with van der Waals surface area (Å²) in [5, 5.41) is 3.38. The Labute approximate surface area is 114 Å². The topological polar surface area (TPSA) is 51.5 Å². The van der Waals surface area contributed by atoms with Gasteiger partial charge in [-0.2, -0.15) is 0 Å². The van der Waals surface area contributed by atoms with Crippen molar-refractivity contribution in [1.29, 1.82) is 0 Å². The van der Waals surface area contributed by atoms with Crippen molar-refractivity contribution in [2.45, 2.75) is 12.8 Å². The number of hydrogen-bond donors (Lipinski definition) is 1. The molecule has 5 nitrogen and oxygen atoms in total. The summed E-state index contributed by atoms with van der Waals surface area (Å²) >= 11 is 3.41. The van der Waals surface area contributed by atoms with Crippen LogP contribution in [0.4, 0.5) is 5.82 Å². The third-order valence-corrected chi connectivity index (χ3v) is 3.54. The summed E-state index contributed by atoms with van der Waals surface area (Å²) in [7, 11) is 0. The molecule has 3 rings (SSSR count). The van der Waals surface area contributed by atoms with E-state index in [-0.39, 0.29) is 0 Å². The van der Waals surface area contributed by atoms with Gasteiger partial charge in [-0.05, 0) is 34.7 Å².